The van der Waals surface area contributed by atoms with Crippen molar-refractivity contribution in [1.29, 1.82) is 0 Å². The van der Waals surface area contributed by atoms with Gasteiger partial charge in [-0.15, -0.1) is 0 Å². The molecule has 0 spiro atoms. The monoisotopic (exact) mass is 242 g/mol. The van der Waals surface area contributed by atoms with E-state index >= 15 is 0 Å². The average Bonchev–Trinajstić information content (AvgIpc) is 2.38. The van der Waals surface area contributed by atoms with Crippen molar-refractivity contribution in [2.45, 2.75) is 6.54 Å². The lowest BCUT2D eigenvalue weighted by molar-refractivity contribution is 0.0952. The van der Waals surface area contributed by atoms with Crippen LogP contribution in [0.3, 0.4) is 0 Å². The molecular weight excluding hydrogens is 228 g/mol. The molecule has 4 nitrogen and oxygen atoms in total. The number of hydrogen-bond donors (Lipinski definition) is 3. The van der Waals surface area contributed by atoms with Crippen molar-refractivity contribution in [3.8, 4) is 5.75 Å². The number of hydrogen-bond acceptors (Lipinski definition) is 3. The van der Waals surface area contributed by atoms with Gasteiger partial charge in [0.05, 0.1) is 5.56 Å². The van der Waals surface area contributed by atoms with Crippen LogP contribution in [-0.4, -0.2) is 11.0 Å². The number of amides is 1. The fraction of sp³-hybridized carbons (Fsp3) is 0.0714. The molecule has 4 heteroatoms. The Morgan fingerprint density at radius 1 is 1.11 bits per heavy atom. The van der Waals surface area contributed by atoms with Gasteiger partial charge in [0.2, 0.25) is 0 Å². The number of anilines is 1. The second kappa shape index (κ2) is 5.23. The molecule has 0 aliphatic carbocycles. The minimum atomic E-state index is -0.207. The molecule has 0 bridgehead atoms. The predicted octanol–water partition coefficient (Wildman–Crippen LogP) is 1.90. The third-order valence-corrected chi connectivity index (χ3v) is 2.59. The Labute approximate surface area is 105 Å². The van der Waals surface area contributed by atoms with Crippen LogP contribution in [0.1, 0.15) is 15.9 Å². The first-order valence-electron chi connectivity index (χ1n) is 5.57. The summed E-state index contributed by atoms with van der Waals surface area (Å²) in [4.78, 5) is 11.9. The molecule has 1 amide bonds. The van der Waals surface area contributed by atoms with Crippen LogP contribution in [0.5, 0.6) is 5.75 Å². The average molecular weight is 242 g/mol. The van der Waals surface area contributed by atoms with Gasteiger partial charge in [-0.05, 0) is 29.8 Å². The summed E-state index contributed by atoms with van der Waals surface area (Å²) in [6.45, 7) is 0.396. The van der Waals surface area contributed by atoms with Gasteiger partial charge in [0.1, 0.15) is 5.75 Å². The SMILES string of the molecule is Nc1ccccc1C(=O)NCc1ccc(O)cc1. The number of carbonyl (C=O) groups is 1. The summed E-state index contributed by atoms with van der Waals surface area (Å²) >= 11 is 0. The molecule has 0 atom stereocenters. The number of carbonyl (C=O) groups excluding carboxylic acids is 1. The van der Waals surface area contributed by atoms with Crippen molar-refractivity contribution in [2.75, 3.05) is 5.73 Å². The standard InChI is InChI=1S/C14H14N2O2/c15-13-4-2-1-3-12(13)14(18)16-9-10-5-7-11(17)8-6-10/h1-8,17H,9,15H2,(H,16,18). The van der Waals surface area contributed by atoms with E-state index in [-0.39, 0.29) is 11.7 Å². The molecular formula is C14H14N2O2. The highest BCUT2D eigenvalue weighted by molar-refractivity contribution is 5.98. The normalized spacial score (nSPS) is 10.0. The molecule has 92 valence electrons. The molecule has 18 heavy (non-hydrogen) atoms. The van der Waals surface area contributed by atoms with E-state index in [4.69, 9.17) is 10.8 Å². The third kappa shape index (κ3) is 2.79. The fourth-order valence-corrected chi connectivity index (χ4v) is 1.60. The first-order valence-corrected chi connectivity index (χ1v) is 5.57. The fourth-order valence-electron chi connectivity index (χ4n) is 1.60. The number of nitrogen functional groups attached to an aromatic ring is 1. The summed E-state index contributed by atoms with van der Waals surface area (Å²) in [5.74, 6) is -0.00134. The van der Waals surface area contributed by atoms with E-state index in [1.165, 1.54) is 0 Å². The first-order chi connectivity index (χ1) is 8.66. The summed E-state index contributed by atoms with van der Waals surface area (Å²) < 4.78 is 0. The van der Waals surface area contributed by atoms with E-state index < -0.39 is 0 Å². The van der Waals surface area contributed by atoms with Gasteiger partial charge < -0.3 is 16.2 Å². The van der Waals surface area contributed by atoms with Crippen molar-refractivity contribution in [2.24, 2.45) is 0 Å². The van der Waals surface area contributed by atoms with Gasteiger partial charge in [0, 0.05) is 12.2 Å². The Balaban J connectivity index is 2.01. The quantitative estimate of drug-likeness (QED) is 0.719. The summed E-state index contributed by atoms with van der Waals surface area (Å²) in [5.41, 5.74) is 7.56. The van der Waals surface area contributed by atoms with Crippen molar-refractivity contribution in [1.82, 2.24) is 5.32 Å². The van der Waals surface area contributed by atoms with Crippen molar-refractivity contribution in [3.63, 3.8) is 0 Å². The van der Waals surface area contributed by atoms with Gasteiger partial charge in [-0.2, -0.15) is 0 Å². The number of rotatable bonds is 3. The highest BCUT2D eigenvalue weighted by Crippen LogP contribution is 2.12. The highest BCUT2D eigenvalue weighted by Gasteiger charge is 2.07. The molecule has 0 aromatic heterocycles. The zero-order valence-electron chi connectivity index (χ0n) is 9.76. The second-order valence-electron chi connectivity index (χ2n) is 3.94. The molecule has 0 aliphatic heterocycles. The third-order valence-electron chi connectivity index (χ3n) is 2.59. The van der Waals surface area contributed by atoms with E-state index in [0.717, 1.165) is 5.56 Å². The first kappa shape index (κ1) is 12.0. The number of para-hydroxylation sites is 1. The Morgan fingerprint density at radius 2 is 1.78 bits per heavy atom. The predicted molar refractivity (Wildman–Crippen MR) is 70.1 cm³/mol. The molecule has 2 rings (SSSR count). The van der Waals surface area contributed by atoms with Crippen LogP contribution in [0.15, 0.2) is 48.5 Å². The minimum absolute atomic E-state index is 0.206. The largest absolute Gasteiger partial charge is 0.508 e. The van der Waals surface area contributed by atoms with Crippen molar-refractivity contribution < 1.29 is 9.90 Å². The van der Waals surface area contributed by atoms with Gasteiger partial charge in [-0.25, -0.2) is 0 Å². The van der Waals surface area contributed by atoms with Crippen LogP contribution >= 0.6 is 0 Å². The molecule has 2 aromatic carbocycles. The van der Waals surface area contributed by atoms with Crippen LogP contribution in [0.25, 0.3) is 0 Å². The maximum absolute atomic E-state index is 11.9. The lowest BCUT2D eigenvalue weighted by Crippen LogP contribution is -2.23. The van der Waals surface area contributed by atoms with E-state index in [2.05, 4.69) is 5.32 Å². The Morgan fingerprint density at radius 3 is 2.44 bits per heavy atom. The van der Waals surface area contributed by atoms with Gasteiger partial charge >= 0.3 is 0 Å². The van der Waals surface area contributed by atoms with Crippen LogP contribution in [0, 0.1) is 0 Å². The smallest absolute Gasteiger partial charge is 0.253 e. The van der Waals surface area contributed by atoms with E-state index in [1.807, 2.05) is 0 Å². The summed E-state index contributed by atoms with van der Waals surface area (Å²) in [5, 5.41) is 11.9. The topological polar surface area (TPSA) is 75.4 Å². The highest BCUT2D eigenvalue weighted by atomic mass is 16.3. The molecule has 4 N–H and O–H groups in total. The Kier molecular flexibility index (Phi) is 3.48. The zero-order valence-corrected chi connectivity index (χ0v) is 9.76. The Hall–Kier alpha value is -2.49. The number of phenolic OH excluding ortho intramolecular Hbond substituents is 1. The van der Waals surface area contributed by atoms with Crippen LogP contribution in [0.2, 0.25) is 0 Å². The molecule has 0 unspecified atom stereocenters. The maximum Gasteiger partial charge on any atom is 0.253 e. The summed E-state index contributed by atoms with van der Waals surface area (Å²) in [6, 6.07) is 13.6. The minimum Gasteiger partial charge on any atom is -0.508 e. The molecule has 0 fully saturated rings. The van der Waals surface area contributed by atoms with Crippen LogP contribution in [0.4, 0.5) is 5.69 Å². The number of aromatic hydroxyl groups is 1. The number of nitrogens with two attached hydrogens (primary N) is 1. The molecule has 0 saturated carbocycles. The second-order valence-corrected chi connectivity index (χ2v) is 3.94. The van der Waals surface area contributed by atoms with E-state index in [1.54, 1.807) is 48.5 Å². The van der Waals surface area contributed by atoms with Crippen molar-refractivity contribution in [3.05, 3.63) is 59.7 Å². The van der Waals surface area contributed by atoms with E-state index in [9.17, 15) is 4.79 Å². The van der Waals surface area contributed by atoms with Gasteiger partial charge in [-0.1, -0.05) is 24.3 Å². The van der Waals surface area contributed by atoms with Crippen molar-refractivity contribution >= 4 is 11.6 Å². The Bertz CT molecular complexity index is 550. The van der Waals surface area contributed by atoms with Gasteiger partial charge in [0.15, 0.2) is 0 Å². The summed E-state index contributed by atoms with van der Waals surface area (Å²) in [7, 11) is 0. The number of nitrogens with one attached hydrogen (secondary N) is 1. The molecule has 2 aromatic rings. The maximum atomic E-state index is 11.9. The number of benzene rings is 2. The zero-order chi connectivity index (χ0) is 13.0. The van der Waals surface area contributed by atoms with E-state index in [0.29, 0.717) is 17.8 Å². The van der Waals surface area contributed by atoms with Crippen LogP contribution < -0.4 is 11.1 Å². The molecule has 0 heterocycles. The number of phenols is 1. The molecule has 0 saturated heterocycles. The lowest BCUT2D eigenvalue weighted by atomic mass is 10.1. The van der Waals surface area contributed by atoms with Crippen LogP contribution in [-0.2, 0) is 6.54 Å². The molecule has 0 radical (unpaired) electrons. The lowest BCUT2D eigenvalue weighted by Gasteiger charge is -2.07. The van der Waals surface area contributed by atoms with Gasteiger partial charge in [0.25, 0.3) is 5.91 Å². The molecule has 0 aliphatic rings. The van der Waals surface area contributed by atoms with Gasteiger partial charge in [-0.3, -0.25) is 4.79 Å². The summed E-state index contributed by atoms with van der Waals surface area (Å²) in [6.07, 6.45) is 0.